The fraction of sp³-hybridized carbons (Fsp3) is 0.182. The van der Waals surface area contributed by atoms with Crippen molar-refractivity contribution >= 4 is 34.8 Å². The average Bonchev–Trinajstić information content (AvgIpc) is 2.39. The SMILES string of the molecule is COc1cc(Nc2nc(Cl)nc(Cl)n2)cc(OC)c1O. The van der Waals surface area contributed by atoms with Gasteiger partial charge in [-0.25, -0.2) is 0 Å². The molecule has 2 rings (SSSR count). The second-order valence-electron chi connectivity index (χ2n) is 3.55. The molecule has 0 amide bonds. The van der Waals surface area contributed by atoms with Gasteiger partial charge in [0.1, 0.15) is 0 Å². The molecule has 0 aliphatic rings. The summed E-state index contributed by atoms with van der Waals surface area (Å²) in [5, 5.41) is 12.6. The van der Waals surface area contributed by atoms with E-state index < -0.39 is 0 Å². The molecule has 7 nitrogen and oxygen atoms in total. The van der Waals surface area contributed by atoms with Crippen LogP contribution in [0.4, 0.5) is 11.6 Å². The first-order valence-electron chi connectivity index (χ1n) is 5.32. The monoisotopic (exact) mass is 316 g/mol. The fourth-order valence-electron chi connectivity index (χ4n) is 1.48. The third kappa shape index (κ3) is 3.12. The summed E-state index contributed by atoms with van der Waals surface area (Å²) in [6.45, 7) is 0. The molecule has 0 aliphatic carbocycles. The van der Waals surface area contributed by atoms with Crippen molar-refractivity contribution < 1.29 is 14.6 Å². The normalized spacial score (nSPS) is 10.2. The molecule has 0 unspecified atom stereocenters. The van der Waals surface area contributed by atoms with Gasteiger partial charge in [0, 0.05) is 17.8 Å². The summed E-state index contributed by atoms with van der Waals surface area (Å²) in [6.07, 6.45) is 0. The molecule has 0 atom stereocenters. The lowest BCUT2D eigenvalue weighted by Crippen LogP contribution is -2.00. The van der Waals surface area contributed by atoms with Crippen LogP contribution in [0.25, 0.3) is 0 Å². The van der Waals surface area contributed by atoms with Crippen molar-refractivity contribution in [3.63, 3.8) is 0 Å². The van der Waals surface area contributed by atoms with E-state index in [4.69, 9.17) is 32.7 Å². The van der Waals surface area contributed by atoms with Crippen LogP contribution >= 0.6 is 23.2 Å². The smallest absolute Gasteiger partial charge is 0.232 e. The molecule has 1 heterocycles. The second-order valence-corrected chi connectivity index (χ2v) is 4.23. The number of phenolic OH excluding ortho intramolecular Hbond substituents is 1. The van der Waals surface area contributed by atoms with Crippen LogP contribution in [0.5, 0.6) is 17.2 Å². The number of benzene rings is 1. The molecule has 0 saturated heterocycles. The van der Waals surface area contributed by atoms with Crippen LogP contribution in [0.3, 0.4) is 0 Å². The van der Waals surface area contributed by atoms with Gasteiger partial charge in [0.15, 0.2) is 11.5 Å². The first-order valence-corrected chi connectivity index (χ1v) is 6.08. The van der Waals surface area contributed by atoms with Gasteiger partial charge in [-0.3, -0.25) is 0 Å². The van der Waals surface area contributed by atoms with Crippen molar-refractivity contribution in [2.45, 2.75) is 0 Å². The average molecular weight is 317 g/mol. The van der Waals surface area contributed by atoms with Gasteiger partial charge in [-0.1, -0.05) is 0 Å². The lowest BCUT2D eigenvalue weighted by molar-refractivity contribution is 0.340. The molecule has 2 aromatic rings. The molecule has 106 valence electrons. The van der Waals surface area contributed by atoms with E-state index in [0.29, 0.717) is 5.69 Å². The zero-order valence-electron chi connectivity index (χ0n) is 10.5. The highest BCUT2D eigenvalue weighted by molar-refractivity contribution is 6.31. The minimum absolute atomic E-state index is 0.0368. The molecule has 0 spiro atoms. The van der Waals surface area contributed by atoms with E-state index in [2.05, 4.69) is 20.3 Å². The summed E-state index contributed by atoms with van der Waals surface area (Å²) in [6, 6.07) is 3.09. The summed E-state index contributed by atoms with van der Waals surface area (Å²) < 4.78 is 10.1. The van der Waals surface area contributed by atoms with Gasteiger partial charge >= 0.3 is 0 Å². The largest absolute Gasteiger partial charge is 0.502 e. The summed E-state index contributed by atoms with van der Waals surface area (Å²) in [7, 11) is 2.85. The lowest BCUT2D eigenvalue weighted by atomic mass is 10.2. The first-order chi connectivity index (χ1) is 9.53. The maximum atomic E-state index is 9.81. The fourth-order valence-corrected chi connectivity index (χ4v) is 1.84. The van der Waals surface area contributed by atoms with E-state index in [9.17, 15) is 5.11 Å². The highest BCUT2D eigenvalue weighted by Gasteiger charge is 2.12. The van der Waals surface area contributed by atoms with Gasteiger partial charge in [-0.15, -0.1) is 0 Å². The number of aromatic hydroxyl groups is 1. The quantitative estimate of drug-likeness (QED) is 0.838. The number of hydrogen-bond donors (Lipinski definition) is 2. The number of methoxy groups -OCH3 is 2. The molecular weight excluding hydrogens is 307 g/mol. The molecule has 0 aliphatic heterocycles. The number of aromatic nitrogens is 3. The number of ether oxygens (including phenoxy) is 2. The minimum Gasteiger partial charge on any atom is -0.502 e. The Morgan fingerprint density at radius 2 is 1.50 bits per heavy atom. The van der Waals surface area contributed by atoms with E-state index in [1.807, 2.05) is 0 Å². The third-order valence-electron chi connectivity index (χ3n) is 2.32. The number of nitrogens with one attached hydrogen (secondary N) is 1. The van der Waals surface area contributed by atoms with Gasteiger partial charge in [-0.05, 0) is 23.2 Å². The predicted molar refractivity (Wildman–Crippen MR) is 74.3 cm³/mol. The molecular formula is C11H10Cl2N4O3. The van der Waals surface area contributed by atoms with Crippen molar-refractivity contribution in [2.24, 2.45) is 0 Å². The molecule has 0 radical (unpaired) electrons. The van der Waals surface area contributed by atoms with E-state index in [1.165, 1.54) is 14.2 Å². The molecule has 1 aromatic heterocycles. The summed E-state index contributed by atoms with van der Waals surface area (Å²) in [5.41, 5.74) is 0.523. The molecule has 0 fully saturated rings. The summed E-state index contributed by atoms with van der Waals surface area (Å²) in [4.78, 5) is 11.4. The Hall–Kier alpha value is -1.99. The van der Waals surface area contributed by atoms with Gasteiger partial charge in [0.05, 0.1) is 14.2 Å². The summed E-state index contributed by atoms with van der Waals surface area (Å²) in [5.74, 6) is 0.522. The maximum absolute atomic E-state index is 9.81. The highest BCUT2D eigenvalue weighted by Crippen LogP contribution is 2.39. The Labute approximate surface area is 124 Å². The van der Waals surface area contributed by atoms with E-state index in [1.54, 1.807) is 12.1 Å². The van der Waals surface area contributed by atoms with Gasteiger partial charge in [0.2, 0.25) is 22.3 Å². The molecule has 9 heteroatoms. The van der Waals surface area contributed by atoms with Crippen molar-refractivity contribution in [3.05, 3.63) is 22.7 Å². The Balaban J connectivity index is 2.38. The van der Waals surface area contributed by atoms with Crippen molar-refractivity contribution in [2.75, 3.05) is 19.5 Å². The van der Waals surface area contributed by atoms with Crippen LogP contribution in [0.2, 0.25) is 10.6 Å². The molecule has 2 N–H and O–H groups in total. The van der Waals surface area contributed by atoms with Crippen LogP contribution < -0.4 is 14.8 Å². The van der Waals surface area contributed by atoms with Crippen LogP contribution in [0, 0.1) is 0 Å². The van der Waals surface area contributed by atoms with E-state index >= 15 is 0 Å². The third-order valence-corrected chi connectivity index (χ3v) is 2.65. The van der Waals surface area contributed by atoms with Crippen molar-refractivity contribution in [1.29, 1.82) is 0 Å². The highest BCUT2D eigenvalue weighted by atomic mass is 35.5. The van der Waals surface area contributed by atoms with Crippen LogP contribution in [-0.4, -0.2) is 34.3 Å². The van der Waals surface area contributed by atoms with Crippen LogP contribution in [0.15, 0.2) is 12.1 Å². The summed E-state index contributed by atoms with van der Waals surface area (Å²) >= 11 is 11.4. The predicted octanol–water partition coefficient (Wildman–Crippen LogP) is 2.64. The molecule has 0 saturated carbocycles. The van der Waals surface area contributed by atoms with E-state index in [-0.39, 0.29) is 33.8 Å². The number of nitrogens with zero attached hydrogens (tertiary/aromatic N) is 3. The van der Waals surface area contributed by atoms with Crippen LogP contribution in [0.1, 0.15) is 0 Å². The Kier molecular flexibility index (Phi) is 4.31. The maximum Gasteiger partial charge on any atom is 0.232 e. The number of halogens is 2. The zero-order valence-corrected chi connectivity index (χ0v) is 12.0. The van der Waals surface area contributed by atoms with Gasteiger partial charge in [0.25, 0.3) is 0 Å². The lowest BCUT2D eigenvalue weighted by Gasteiger charge is -2.12. The Morgan fingerprint density at radius 1 is 1.00 bits per heavy atom. The second kappa shape index (κ2) is 5.98. The van der Waals surface area contributed by atoms with E-state index in [0.717, 1.165) is 0 Å². The Morgan fingerprint density at radius 3 is 1.95 bits per heavy atom. The Bertz CT molecular complexity index is 594. The standard InChI is InChI=1S/C11H10Cl2N4O3/c1-19-6-3-5(4-7(20-2)8(6)18)14-11-16-9(12)15-10(13)17-11/h3-4,18H,1-2H3,(H,14,15,16,17). The van der Waals surface area contributed by atoms with Crippen molar-refractivity contribution in [3.8, 4) is 17.2 Å². The van der Waals surface area contributed by atoms with Crippen molar-refractivity contribution in [1.82, 2.24) is 15.0 Å². The number of anilines is 2. The van der Waals surface area contributed by atoms with Gasteiger partial charge < -0.3 is 19.9 Å². The molecule has 0 bridgehead atoms. The number of hydrogen-bond acceptors (Lipinski definition) is 7. The zero-order chi connectivity index (χ0) is 14.7. The topological polar surface area (TPSA) is 89.4 Å². The molecule has 20 heavy (non-hydrogen) atoms. The minimum atomic E-state index is -0.104. The molecule has 1 aromatic carbocycles. The first kappa shape index (κ1) is 14.4. The van der Waals surface area contributed by atoms with Crippen LogP contribution in [-0.2, 0) is 0 Å². The number of rotatable bonds is 4. The number of phenols is 1. The van der Waals surface area contributed by atoms with Gasteiger partial charge in [-0.2, -0.15) is 15.0 Å².